The number of hydrogen-bond acceptors (Lipinski definition) is 2. The van der Waals surface area contributed by atoms with E-state index in [1.54, 1.807) is 0 Å². The van der Waals surface area contributed by atoms with Crippen LogP contribution in [0.25, 0.3) is 0 Å². The number of benzene rings is 1. The summed E-state index contributed by atoms with van der Waals surface area (Å²) < 4.78 is 0. The van der Waals surface area contributed by atoms with Crippen LogP contribution in [0.15, 0.2) is 18.2 Å². The van der Waals surface area contributed by atoms with Crippen LogP contribution < -0.4 is 0 Å². The summed E-state index contributed by atoms with van der Waals surface area (Å²) in [5, 5.41) is 8.89. The Morgan fingerprint density at radius 3 is 2.61 bits per heavy atom. The fraction of sp³-hybridized carbons (Fsp3) is 0.562. The van der Waals surface area contributed by atoms with E-state index in [0.717, 1.165) is 18.2 Å². The third kappa shape index (κ3) is 3.34. The van der Waals surface area contributed by atoms with Crippen molar-refractivity contribution in [3.8, 4) is 6.07 Å². The summed E-state index contributed by atoms with van der Waals surface area (Å²) in [5.41, 5.74) is 3.36. The standard InChI is InChI=1S/C16H22N2/c1-12(2)10-18(16-6-7-16)11-15-5-4-14(9-17)8-13(15)3/h4-5,8,12,16H,6-7,10-11H2,1-3H3. The molecule has 0 aliphatic heterocycles. The molecule has 0 bridgehead atoms. The van der Waals surface area contributed by atoms with Gasteiger partial charge < -0.3 is 0 Å². The summed E-state index contributed by atoms with van der Waals surface area (Å²) in [5.74, 6) is 0.712. The summed E-state index contributed by atoms with van der Waals surface area (Å²) in [7, 11) is 0. The van der Waals surface area contributed by atoms with E-state index < -0.39 is 0 Å². The Hall–Kier alpha value is -1.33. The highest BCUT2D eigenvalue weighted by Gasteiger charge is 2.29. The van der Waals surface area contributed by atoms with Crippen molar-refractivity contribution in [3.05, 3.63) is 34.9 Å². The fourth-order valence-corrected chi connectivity index (χ4v) is 2.41. The van der Waals surface area contributed by atoms with E-state index in [0.29, 0.717) is 5.92 Å². The lowest BCUT2D eigenvalue weighted by Crippen LogP contribution is -2.29. The molecule has 0 aromatic heterocycles. The minimum atomic E-state index is 0.712. The highest BCUT2D eigenvalue weighted by Crippen LogP contribution is 2.29. The first kappa shape index (κ1) is 13.1. The van der Waals surface area contributed by atoms with Gasteiger partial charge >= 0.3 is 0 Å². The van der Waals surface area contributed by atoms with Gasteiger partial charge in [0.05, 0.1) is 11.6 Å². The van der Waals surface area contributed by atoms with Crippen molar-refractivity contribution in [2.75, 3.05) is 6.54 Å². The Balaban J connectivity index is 2.09. The van der Waals surface area contributed by atoms with Gasteiger partial charge in [0.2, 0.25) is 0 Å². The summed E-state index contributed by atoms with van der Waals surface area (Å²) in [4.78, 5) is 2.60. The molecular formula is C16H22N2. The van der Waals surface area contributed by atoms with Crippen LogP contribution in [0.4, 0.5) is 0 Å². The second-order valence-corrected chi connectivity index (χ2v) is 5.81. The van der Waals surface area contributed by atoms with Gasteiger partial charge in [-0.3, -0.25) is 4.90 Å². The third-order valence-corrected chi connectivity index (χ3v) is 3.51. The number of aryl methyl sites for hydroxylation is 1. The molecule has 0 radical (unpaired) electrons. The topological polar surface area (TPSA) is 27.0 Å². The second kappa shape index (κ2) is 5.54. The smallest absolute Gasteiger partial charge is 0.0991 e. The van der Waals surface area contributed by atoms with Gasteiger partial charge in [0.25, 0.3) is 0 Å². The number of nitriles is 1. The van der Waals surface area contributed by atoms with Crippen LogP contribution in [0.1, 0.15) is 43.4 Å². The molecule has 18 heavy (non-hydrogen) atoms. The molecule has 0 amide bonds. The molecule has 0 atom stereocenters. The molecule has 0 unspecified atom stereocenters. The maximum absolute atomic E-state index is 8.89. The second-order valence-electron chi connectivity index (χ2n) is 5.81. The summed E-state index contributed by atoms with van der Waals surface area (Å²) in [6.07, 6.45) is 2.70. The first-order valence-corrected chi connectivity index (χ1v) is 6.84. The van der Waals surface area contributed by atoms with E-state index in [-0.39, 0.29) is 0 Å². The molecular weight excluding hydrogens is 220 g/mol. The van der Waals surface area contributed by atoms with Crippen LogP contribution >= 0.6 is 0 Å². The highest BCUT2D eigenvalue weighted by atomic mass is 15.2. The molecule has 1 aromatic rings. The predicted molar refractivity (Wildman–Crippen MR) is 74.2 cm³/mol. The van der Waals surface area contributed by atoms with Gasteiger partial charge in [-0.05, 0) is 48.9 Å². The van der Waals surface area contributed by atoms with Crippen LogP contribution in [-0.4, -0.2) is 17.5 Å². The molecule has 2 nitrogen and oxygen atoms in total. The van der Waals surface area contributed by atoms with Gasteiger partial charge in [-0.15, -0.1) is 0 Å². The van der Waals surface area contributed by atoms with Crippen LogP contribution in [-0.2, 0) is 6.54 Å². The Kier molecular flexibility index (Phi) is 4.04. The van der Waals surface area contributed by atoms with Crippen LogP contribution in [0, 0.1) is 24.2 Å². The van der Waals surface area contributed by atoms with Crippen molar-refractivity contribution in [2.24, 2.45) is 5.92 Å². The lowest BCUT2D eigenvalue weighted by Gasteiger charge is -2.25. The molecule has 0 saturated heterocycles. The van der Waals surface area contributed by atoms with E-state index in [1.807, 2.05) is 12.1 Å². The van der Waals surface area contributed by atoms with Crippen molar-refractivity contribution < 1.29 is 0 Å². The molecule has 2 heteroatoms. The Bertz CT molecular complexity index is 453. The van der Waals surface area contributed by atoms with Crippen molar-refractivity contribution in [2.45, 2.75) is 46.2 Å². The first-order valence-electron chi connectivity index (χ1n) is 6.84. The molecule has 0 spiro atoms. The molecule has 0 N–H and O–H groups in total. The quantitative estimate of drug-likeness (QED) is 0.790. The first-order chi connectivity index (χ1) is 8.60. The fourth-order valence-electron chi connectivity index (χ4n) is 2.41. The van der Waals surface area contributed by atoms with Crippen LogP contribution in [0.3, 0.4) is 0 Å². The van der Waals surface area contributed by atoms with E-state index >= 15 is 0 Å². The number of rotatable bonds is 5. The molecule has 96 valence electrons. The zero-order valence-electron chi connectivity index (χ0n) is 11.6. The monoisotopic (exact) mass is 242 g/mol. The molecule has 1 saturated carbocycles. The molecule has 1 aliphatic carbocycles. The summed E-state index contributed by atoms with van der Waals surface area (Å²) in [6.45, 7) is 8.86. The number of hydrogen-bond donors (Lipinski definition) is 0. The Morgan fingerprint density at radius 1 is 1.39 bits per heavy atom. The minimum Gasteiger partial charge on any atom is -0.296 e. The Labute approximate surface area is 110 Å². The molecule has 2 rings (SSSR count). The van der Waals surface area contributed by atoms with E-state index in [9.17, 15) is 0 Å². The maximum Gasteiger partial charge on any atom is 0.0991 e. The van der Waals surface area contributed by atoms with Crippen molar-refractivity contribution in [3.63, 3.8) is 0 Å². The van der Waals surface area contributed by atoms with Gasteiger partial charge in [0.15, 0.2) is 0 Å². The SMILES string of the molecule is Cc1cc(C#N)ccc1CN(CC(C)C)C1CC1. The lowest BCUT2D eigenvalue weighted by atomic mass is 10.0. The van der Waals surface area contributed by atoms with Crippen molar-refractivity contribution in [1.29, 1.82) is 5.26 Å². The lowest BCUT2D eigenvalue weighted by molar-refractivity contribution is 0.225. The maximum atomic E-state index is 8.89. The highest BCUT2D eigenvalue weighted by molar-refractivity contribution is 5.37. The molecule has 1 aliphatic rings. The van der Waals surface area contributed by atoms with E-state index in [1.165, 1.54) is 30.5 Å². The van der Waals surface area contributed by atoms with E-state index in [4.69, 9.17) is 5.26 Å². The summed E-state index contributed by atoms with van der Waals surface area (Å²) >= 11 is 0. The van der Waals surface area contributed by atoms with Gasteiger partial charge in [-0.1, -0.05) is 19.9 Å². The van der Waals surface area contributed by atoms with Crippen molar-refractivity contribution in [1.82, 2.24) is 4.90 Å². The van der Waals surface area contributed by atoms with Gasteiger partial charge in [-0.2, -0.15) is 5.26 Å². The average molecular weight is 242 g/mol. The van der Waals surface area contributed by atoms with Crippen molar-refractivity contribution >= 4 is 0 Å². The molecule has 0 heterocycles. The summed E-state index contributed by atoms with van der Waals surface area (Å²) in [6, 6.07) is 9.04. The van der Waals surface area contributed by atoms with Gasteiger partial charge in [0, 0.05) is 19.1 Å². The molecule has 1 aromatic carbocycles. The van der Waals surface area contributed by atoms with Gasteiger partial charge in [0.1, 0.15) is 0 Å². The molecule has 1 fully saturated rings. The largest absolute Gasteiger partial charge is 0.296 e. The average Bonchev–Trinajstić information content (AvgIpc) is 3.14. The number of nitrogens with zero attached hydrogens (tertiary/aromatic N) is 2. The zero-order valence-corrected chi connectivity index (χ0v) is 11.6. The normalized spacial score (nSPS) is 15.1. The van der Waals surface area contributed by atoms with Crippen LogP contribution in [0.5, 0.6) is 0 Å². The van der Waals surface area contributed by atoms with Gasteiger partial charge in [-0.25, -0.2) is 0 Å². The third-order valence-electron chi connectivity index (χ3n) is 3.51. The van der Waals surface area contributed by atoms with E-state index in [2.05, 4.69) is 37.8 Å². The predicted octanol–water partition coefficient (Wildman–Crippen LogP) is 3.49. The van der Waals surface area contributed by atoms with Crippen LogP contribution in [0.2, 0.25) is 0 Å². The minimum absolute atomic E-state index is 0.712. The zero-order chi connectivity index (χ0) is 13.1. The Morgan fingerprint density at radius 2 is 2.11 bits per heavy atom.